The predicted molar refractivity (Wildman–Crippen MR) is 145 cm³/mol. The Hall–Kier alpha value is -3.53. The second kappa shape index (κ2) is 13.9. The molecule has 3 aromatic rings. The lowest BCUT2D eigenvalue weighted by atomic mass is 10.1. The highest BCUT2D eigenvalue weighted by Gasteiger charge is 2.35. The monoisotopic (exact) mass is 538 g/mol. The number of nitrogens with zero attached hydrogens (tertiary/aromatic N) is 1. The van der Waals surface area contributed by atoms with E-state index in [2.05, 4.69) is 5.32 Å². The van der Waals surface area contributed by atoms with E-state index in [1.54, 1.807) is 19.1 Å². The molecule has 0 radical (unpaired) electrons. The maximum Gasteiger partial charge on any atom is 0.328 e. The predicted octanol–water partition coefficient (Wildman–Crippen LogP) is 3.49. The lowest BCUT2D eigenvalue weighted by Gasteiger charge is -2.28. The zero-order chi connectivity index (χ0) is 27.5. The maximum absolute atomic E-state index is 13.6. The first kappa shape index (κ1) is 29.0. The largest absolute Gasteiger partial charge is 0.464 e. The molecular weight excluding hydrogens is 504 g/mol. The van der Waals surface area contributed by atoms with Gasteiger partial charge in [-0.05, 0) is 37.1 Å². The summed E-state index contributed by atoms with van der Waals surface area (Å²) in [5.74, 6) is -1.26. The molecule has 0 aliphatic rings. The molecule has 3 rings (SSSR count). The van der Waals surface area contributed by atoms with Gasteiger partial charge in [0.15, 0.2) is 0 Å². The summed E-state index contributed by atoms with van der Waals surface area (Å²) >= 11 is 0. The molecule has 9 heteroatoms. The van der Waals surface area contributed by atoms with Gasteiger partial charge in [0.1, 0.15) is 12.1 Å². The molecule has 0 unspecified atom stereocenters. The fourth-order valence-electron chi connectivity index (χ4n) is 3.81. The number of sulfonamides is 1. The number of nitrogens with one attached hydrogen (secondary N) is 1. The lowest BCUT2D eigenvalue weighted by molar-refractivity contribution is -0.148. The quantitative estimate of drug-likeness (QED) is 0.334. The van der Waals surface area contributed by atoms with Gasteiger partial charge >= 0.3 is 5.97 Å². The summed E-state index contributed by atoms with van der Waals surface area (Å²) in [6.45, 7) is 3.65. The van der Waals surface area contributed by atoms with Crippen molar-refractivity contribution < 1.29 is 27.5 Å². The standard InChI is InChI=1S/C29H34N2O6S/c1-4-37-29(33)26(19-23-11-7-5-8-12-23)30-28(32)27(21-36-20-24-13-9-6-10-14-24)31(3)38(34,35)25-17-15-22(2)16-18-25/h5-18,26-27H,4,19-21H2,1-3H3,(H,30,32)/t26-,27-/m0/s1. The SMILES string of the molecule is CCOC(=O)[C@H](Cc1ccccc1)NC(=O)[C@H](COCc1ccccc1)N(C)S(=O)(=O)c1ccc(C)cc1. The fraction of sp³-hybridized carbons (Fsp3) is 0.310. The van der Waals surface area contributed by atoms with Gasteiger partial charge in [-0.25, -0.2) is 13.2 Å². The third-order valence-corrected chi connectivity index (χ3v) is 7.88. The lowest BCUT2D eigenvalue weighted by Crippen LogP contribution is -2.54. The van der Waals surface area contributed by atoms with E-state index in [4.69, 9.17) is 9.47 Å². The van der Waals surface area contributed by atoms with E-state index < -0.39 is 34.0 Å². The molecule has 0 fully saturated rings. The van der Waals surface area contributed by atoms with Crippen LogP contribution in [-0.2, 0) is 42.1 Å². The van der Waals surface area contributed by atoms with Crippen molar-refractivity contribution in [1.82, 2.24) is 9.62 Å². The van der Waals surface area contributed by atoms with E-state index in [9.17, 15) is 18.0 Å². The van der Waals surface area contributed by atoms with Crippen LogP contribution in [0.2, 0.25) is 0 Å². The van der Waals surface area contributed by atoms with Crippen LogP contribution < -0.4 is 5.32 Å². The van der Waals surface area contributed by atoms with E-state index in [0.717, 1.165) is 21.0 Å². The normalized spacial score (nSPS) is 13.1. The molecule has 0 aromatic heterocycles. The molecule has 8 nitrogen and oxygen atoms in total. The fourth-order valence-corrected chi connectivity index (χ4v) is 5.11. The van der Waals surface area contributed by atoms with E-state index in [1.807, 2.05) is 67.6 Å². The van der Waals surface area contributed by atoms with Gasteiger partial charge in [-0.2, -0.15) is 4.31 Å². The molecule has 1 N–H and O–H groups in total. The molecule has 0 spiro atoms. The first-order chi connectivity index (χ1) is 18.2. The number of hydrogen-bond donors (Lipinski definition) is 1. The molecule has 0 saturated carbocycles. The van der Waals surface area contributed by atoms with Gasteiger partial charge in [0.2, 0.25) is 15.9 Å². The number of likely N-dealkylation sites (N-methyl/N-ethyl adjacent to an activating group) is 1. The Balaban J connectivity index is 1.85. The van der Waals surface area contributed by atoms with Crippen LogP contribution in [0.1, 0.15) is 23.6 Å². The average Bonchev–Trinajstić information content (AvgIpc) is 2.92. The highest BCUT2D eigenvalue weighted by Crippen LogP contribution is 2.19. The average molecular weight is 539 g/mol. The van der Waals surface area contributed by atoms with Gasteiger partial charge < -0.3 is 14.8 Å². The summed E-state index contributed by atoms with van der Waals surface area (Å²) in [5, 5.41) is 2.71. The van der Waals surface area contributed by atoms with Crippen molar-refractivity contribution in [2.75, 3.05) is 20.3 Å². The first-order valence-electron chi connectivity index (χ1n) is 12.4. The number of rotatable bonds is 13. The first-order valence-corrected chi connectivity index (χ1v) is 13.8. The number of benzene rings is 3. The van der Waals surface area contributed by atoms with Crippen molar-refractivity contribution in [3.05, 3.63) is 102 Å². The van der Waals surface area contributed by atoms with Crippen LogP contribution in [0.25, 0.3) is 0 Å². The third-order valence-electron chi connectivity index (χ3n) is 6.00. The minimum Gasteiger partial charge on any atom is -0.464 e. The molecule has 2 atom stereocenters. The molecule has 0 aliphatic heterocycles. The van der Waals surface area contributed by atoms with Crippen LogP contribution >= 0.6 is 0 Å². The summed E-state index contributed by atoms with van der Waals surface area (Å²) in [5.41, 5.74) is 2.61. The Bertz CT molecular complexity index is 1280. The van der Waals surface area contributed by atoms with Crippen LogP contribution in [0.5, 0.6) is 0 Å². The zero-order valence-electron chi connectivity index (χ0n) is 21.9. The van der Waals surface area contributed by atoms with Crippen LogP contribution in [0.4, 0.5) is 0 Å². The minimum atomic E-state index is -4.04. The Morgan fingerprint density at radius 2 is 1.47 bits per heavy atom. The smallest absolute Gasteiger partial charge is 0.328 e. The molecule has 0 bridgehead atoms. The molecular formula is C29H34N2O6S. The van der Waals surface area contributed by atoms with E-state index in [1.165, 1.54) is 19.2 Å². The highest BCUT2D eigenvalue weighted by atomic mass is 32.2. The maximum atomic E-state index is 13.6. The van der Waals surface area contributed by atoms with Gasteiger partial charge in [0, 0.05) is 13.5 Å². The van der Waals surface area contributed by atoms with Crippen molar-refractivity contribution in [2.45, 2.75) is 43.9 Å². The summed E-state index contributed by atoms with van der Waals surface area (Å²) in [7, 11) is -2.71. The van der Waals surface area contributed by atoms with Crippen LogP contribution in [0, 0.1) is 6.92 Å². The summed E-state index contributed by atoms with van der Waals surface area (Å²) in [6.07, 6.45) is 0.192. The van der Waals surface area contributed by atoms with Crippen LogP contribution in [0.15, 0.2) is 89.8 Å². The number of carbonyl (C=O) groups is 2. The Morgan fingerprint density at radius 1 is 0.895 bits per heavy atom. The van der Waals surface area contributed by atoms with E-state index in [0.29, 0.717) is 0 Å². The molecule has 0 aliphatic carbocycles. The molecule has 0 saturated heterocycles. The molecule has 0 heterocycles. The van der Waals surface area contributed by atoms with Gasteiger partial charge in [-0.1, -0.05) is 78.4 Å². The number of amides is 1. The van der Waals surface area contributed by atoms with Gasteiger partial charge in [0.25, 0.3) is 0 Å². The number of hydrogen-bond acceptors (Lipinski definition) is 6. The third kappa shape index (κ3) is 7.98. The summed E-state index contributed by atoms with van der Waals surface area (Å²) in [4.78, 5) is 26.3. The second-order valence-electron chi connectivity index (χ2n) is 8.85. The van der Waals surface area contributed by atoms with Crippen LogP contribution in [0.3, 0.4) is 0 Å². The van der Waals surface area contributed by atoms with Crippen molar-refractivity contribution in [2.24, 2.45) is 0 Å². The number of carbonyl (C=O) groups excluding carboxylic acids is 2. The molecule has 1 amide bonds. The number of aryl methyl sites for hydroxylation is 1. The number of esters is 1. The molecule has 202 valence electrons. The van der Waals surface area contributed by atoms with E-state index >= 15 is 0 Å². The van der Waals surface area contributed by atoms with Crippen molar-refractivity contribution in [1.29, 1.82) is 0 Å². The molecule has 38 heavy (non-hydrogen) atoms. The van der Waals surface area contributed by atoms with Crippen molar-refractivity contribution in [3.63, 3.8) is 0 Å². The minimum absolute atomic E-state index is 0.0534. The highest BCUT2D eigenvalue weighted by molar-refractivity contribution is 7.89. The summed E-state index contributed by atoms with van der Waals surface area (Å²) in [6, 6.07) is 22.7. The van der Waals surface area contributed by atoms with Gasteiger partial charge in [-0.15, -0.1) is 0 Å². The summed E-state index contributed by atoms with van der Waals surface area (Å²) < 4.78 is 38.8. The Labute approximate surface area is 224 Å². The van der Waals surface area contributed by atoms with Crippen LogP contribution in [-0.4, -0.2) is 56.9 Å². The van der Waals surface area contributed by atoms with Crippen molar-refractivity contribution >= 4 is 21.9 Å². The number of ether oxygens (including phenoxy) is 2. The molecule has 3 aromatic carbocycles. The second-order valence-corrected chi connectivity index (χ2v) is 10.9. The van der Waals surface area contributed by atoms with Gasteiger partial charge in [-0.3, -0.25) is 4.79 Å². The van der Waals surface area contributed by atoms with Crippen molar-refractivity contribution in [3.8, 4) is 0 Å². The Kier molecular flexibility index (Phi) is 10.6. The zero-order valence-corrected chi connectivity index (χ0v) is 22.7. The van der Waals surface area contributed by atoms with E-state index in [-0.39, 0.29) is 31.1 Å². The van der Waals surface area contributed by atoms with Gasteiger partial charge in [0.05, 0.1) is 24.7 Å². The Morgan fingerprint density at radius 3 is 2.05 bits per heavy atom. The topological polar surface area (TPSA) is 102 Å².